The van der Waals surface area contributed by atoms with Crippen molar-refractivity contribution in [2.45, 2.75) is 38.3 Å². The number of hydrogen-bond acceptors (Lipinski definition) is 5. The van der Waals surface area contributed by atoms with Crippen molar-refractivity contribution in [1.29, 1.82) is 5.26 Å². The molecule has 0 bridgehead atoms. The Morgan fingerprint density at radius 3 is 2.62 bits per heavy atom. The lowest BCUT2D eigenvalue weighted by molar-refractivity contribution is -0.130. The summed E-state index contributed by atoms with van der Waals surface area (Å²) in [6.45, 7) is 5.32. The first-order valence-electron chi connectivity index (χ1n) is 9.75. The lowest BCUT2D eigenvalue weighted by Gasteiger charge is -2.36. The summed E-state index contributed by atoms with van der Waals surface area (Å²) in [5.41, 5.74) is 7.46. The van der Waals surface area contributed by atoms with Gasteiger partial charge in [-0.2, -0.15) is 5.26 Å². The first kappa shape index (κ1) is 21.0. The van der Waals surface area contributed by atoms with Crippen LogP contribution in [0.5, 0.6) is 0 Å². The molecule has 1 amide bonds. The molecule has 0 unspecified atom stereocenters. The highest BCUT2D eigenvalue weighted by Gasteiger charge is 2.43. The van der Waals surface area contributed by atoms with E-state index in [1.54, 1.807) is 12.1 Å². The molecular weight excluding hydrogens is 371 g/mol. The van der Waals surface area contributed by atoms with Crippen molar-refractivity contribution in [2.24, 2.45) is 11.1 Å². The van der Waals surface area contributed by atoms with E-state index < -0.39 is 17.0 Å². The number of carbonyl (C=O) groups is 1. The van der Waals surface area contributed by atoms with Crippen LogP contribution in [-0.2, 0) is 9.53 Å². The molecule has 29 heavy (non-hydrogen) atoms. The lowest BCUT2D eigenvalue weighted by Crippen LogP contribution is -2.60. The first-order chi connectivity index (χ1) is 13.8. The number of hydrogen-bond donors (Lipinski definition) is 3. The van der Waals surface area contributed by atoms with Gasteiger partial charge in [0.15, 0.2) is 0 Å². The van der Waals surface area contributed by atoms with Gasteiger partial charge >= 0.3 is 0 Å². The van der Waals surface area contributed by atoms with Gasteiger partial charge in [-0.3, -0.25) is 4.79 Å². The molecule has 1 aliphatic heterocycles. The molecule has 0 saturated carbocycles. The molecule has 7 heteroatoms. The van der Waals surface area contributed by atoms with E-state index in [1.165, 1.54) is 12.1 Å². The van der Waals surface area contributed by atoms with E-state index in [4.69, 9.17) is 10.5 Å². The van der Waals surface area contributed by atoms with Crippen molar-refractivity contribution in [3.63, 3.8) is 0 Å². The van der Waals surface area contributed by atoms with Crippen LogP contribution in [0, 0.1) is 22.6 Å². The quantitative estimate of drug-likeness (QED) is 0.684. The van der Waals surface area contributed by atoms with Gasteiger partial charge in [-0.15, -0.1) is 0 Å². The normalized spacial score (nSPS) is 24.1. The molecule has 2 atom stereocenters. The summed E-state index contributed by atoms with van der Waals surface area (Å²) in [5.74, 6) is -0.596. The van der Waals surface area contributed by atoms with Gasteiger partial charge in [0, 0.05) is 30.9 Å². The Hall–Kier alpha value is -2.69. The molecule has 0 spiro atoms. The Morgan fingerprint density at radius 1 is 1.34 bits per heavy atom. The second-order valence-corrected chi connectivity index (χ2v) is 7.93. The molecule has 4 N–H and O–H groups in total. The number of nitrogens with zero attached hydrogens (tertiary/aromatic N) is 1. The minimum absolute atomic E-state index is 0.283. The van der Waals surface area contributed by atoms with Gasteiger partial charge in [0.05, 0.1) is 11.6 Å². The number of halogens is 1. The molecule has 2 aliphatic rings. The maximum atomic E-state index is 13.1. The van der Waals surface area contributed by atoms with Gasteiger partial charge in [0.2, 0.25) is 5.91 Å². The van der Waals surface area contributed by atoms with Crippen molar-refractivity contribution in [3.8, 4) is 6.07 Å². The average Bonchev–Trinajstić information content (AvgIpc) is 3.01. The van der Waals surface area contributed by atoms with Crippen molar-refractivity contribution in [1.82, 2.24) is 5.32 Å². The monoisotopic (exact) mass is 398 g/mol. The van der Waals surface area contributed by atoms with E-state index in [2.05, 4.69) is 16.7 Å². The fourth-order valence-corrected chi connectivity index (χ4v) is 3.69. The van der Waals surface area contributed by atoms with Crippen molar-refractivity contribution in [3.05, 3.63) is 53.4 Å². The zero-order chi connectivity index (χ0) is 21.1. The SMILES string of the molecule is CC1=C(CNc2ccc(F)cc2)C=C[C@@]1(C)[C@@H](C#N)NC(=O)C1(N)CCOCC1. The van der Waals surface area contributed by atoms with E-state index >= 15 is 0 Å². The van der Waals surface area contributed by atoms with Crippen LogP contribution in [0.2, 0.25) is 0 Å². The lowest BCUT2D eigenvalue weighted by atomic mass is 9.77. The molecule has 154 valence electrons. The number of nitrogens with two attached hydrogens (primary N) is 1. The molecule has 1 fully saturated rings. The minimum atomic E-state index is -1.00. The van der Waals surface area contributed by atoms with Crippen LogP contribution in [0.3, 0.4) is 0 Å². The number of carbonyl (C=O) groups excluding carboxylic acids is 1. The Labute approximate surface area is 170 Å². The summed E-state index contributed by atoms with van der Waals surface area (Å²) in [5, 5.41) is 15.9. The molecule has 1 aromatic rings. The second-order valence-electron chi connectivity index (χ2n) is 7.93. The summed E-state index contributed by atoms with van der Waals surface area (Å²) in [6, 6.07) is 7.65. The van der Waals surface area contributed by atoms with Crippen LogP contribution in [0.4, 0.5) is 10.1 Å². The third kappa shape index (κ3) is 4.34. The van der Waals surface area contributed by atoms with Crippen LogP contribution >= 0.6 is 0 Å². The molecule has 6 nitrogen and oxygen atoms in total. The molecule has 0 aromatic heterocycles. The second kappa shape index (κ2) is 8.36. The van der Waals surface area contributed by atoms with Crippen LogP contribution < -0.4 is 16.4 Å². The standard InChI is InChI=1S/C22H27FN4O2/c1-15-16(14-26-18-5-3-17(23)4-6-18)7-8-21(15,2)19(13-24)27-20(28)22(25)9-11-29-12-10-22/h3-8,19,26H,9-12,14,25H2,1-2H3,(H,27,28)/t19-,21-/m1/s1. The van der Waals surface area contributed by atoms with Crippen molar-refractivity contribution < 1.29 is 13.9 Å². The highest BCUT2D eigenvalue weighted by Crippen LogP contribution is 2.40. The van der Waals surface area contributed by atoms with Crippen molar-refractivity contribution >= 4 is 11.6 Å². The van der Waals surface area contributed by atoms with Crippen LogP contribution in [0.1, 0.15) is 26.7 Å². The molecule has 1 aromatic carbocycles. The molecule has 1 saturated heterocycles. The van der Waals surface area contributed by atoms with Gasteiger partial charge in [-0.25, -0.2) is 4.39 Å². The minimum Gasteiger partial charge on any atom is -0.381 e. The zero-order valence-electron chi connectivity index (χ0n) is 16.8. The highest BCUT2D eigenvalue weighted by molar-refractivity contribution is 5.87. The van der Waals surface area contributed by atoms with Crippen LogP contribution in [0.25, 0.3) is 0 Å². The first-order valence-corrected chi connectivity index (χ1v) is 9.75. The average molecular weight is 398 g/mol. The van der Waals surface area contributed by atoms with E-state index in [-0.39, 0.29) is 11.7 Å². The number of benzene rings is 1. The molecular formula is C22H27FN4O2. The number of anilines is 1. The largest absolute Gasteiger partial charge is 0.381 e. The van der Waals surface area contributed by atoms with Crippen LogP contribution in [0.15, 0.2) is 47.6 Å². The van der Waals surface area contributed by atoms with E-state index in [1.807, 2.05) is 26.0 Å². The summed E-state index contributed by atoms with van der Waals surface area (Å²) in [7, 11) is 0. The maximum Gasteiger partial charge on any atom is 0.241 e. The van der Waals surface area contributed by atoms with E-state index in [0.29, 0.717) is 32.6 Å². The summed E-state index contributed by atoms with van der Waals surface area (Å²) >= 11 is 0. The summed E-state index contributed by atoms with van der Waals surface area (Å²) in [4.78, 5) is 12.8. The number of amides is 1. The Bertz CT molecular complexity index is 866. The zero-order valence-corrected chi connectivity index (χ0v) is 16.8. The van der Waals surface area contributed by atoms with Gasteiger partial charge < -0.3 is 21.1 Å². The fourth-order valence-electron chi connectivity index (χ4n) is 3.69. The predicted octanol–water partition coefficient (Wildman–Crippen LogP) is 2.65. The number of nitrogens with one attached hydrogen (secondary N) is 2. The maximum absolute atomic E-state index is 13.1. The topological polar surface area (TPSA) is 100 Å². The van der Waals surface area contributed by atoms with Gasteiger partial charge in [0.1, 0.15) is 11.9 Å². The smallest absolute Gasteiger partial charge is 0.241 e. The van der Waals surface area contributed by atoms with Gasteiger partial charge in [-0.1, -0.05) is 17.7 Å². The summed E-state index contributed by atoms with van der Waals surface area (Å²) in [6.07, 6.45) is 4.79. The summed E-state index contributed by atoms with van der Waals surface area (Å²) < 4.78 is 18.4. The molecule has 1 heterocycles. The Morgan fingerprint density at radius 2 is 2.00 bits per heavy atom. The van der Waals surface area contributed by atoms with Gasteiger partial charge in [-0.05, 0) is 56.5 Å². The number of rotatable bonds is 6. The van der Waals surface area contributed by atoms with Crippen molar-refractivity contribution in [2.75, 3.05) is 25.1 Å². The third-order valence-electron chi connectivity index (χ3n) is 6.09. The number of nitriles is 1. The number of ether oxygens (including phenoxy) is 1. The van der Waals surface area contributed by atoms with Crippen LogP contribution in [-0.4, -0.2) is 37.2 Å². The van der Waals surface area contributed by atoms with E-state index in [0.717, 1.165) is 16.8 Å². The van der Waals surface area contributed by atoms with E-state index in [9.17, 15) is 14.4 Å². The fraction of sp³-hybridized carbons (Fsp3) is 0.455. The Balaban J connectivity index is 1.70. The van der Waals surface area contributed by atoms with Gasteiger partial charge in [0.25, 0.3) is 0 Å². The third-order valence-corrected chi connectivity index (χ3v) is 6.09. The molecule has 0 radical (unpaired) electrons. The molecule has 1 aliphatic carbocycles. The Kier molecular flexibility index (Phi) is 6.06. The molecule has 3 rings (SSSR count). The highest BCUT2D eigenvalue weighted by atomic mass is 19.1. The predicted molar refractivity (Wildman–Crippen MR) is 109 cm³/mol.